The van der Waals surface area contributed by atoms with Crippen LogP contribution in [0.1, 0.15) is 20.3 Å². The van der Waals surface area contributed by atoms with Gasteiger partial charge in [-0.15, -0.1) is 0 Å². The third kappa shape index (κ3) is 4.86. The minimum Gasteiger partial charge on any atom is -0.432 e. The van der Waals surface area contributed by atoms with E-state index in [2.05, 4.69) is 23.9 Å². The SMILES string of the molecule is CC(C)CCNc1cc(Cl)c(OC(F)F)c(Cl)c1. The van der Waals surface area contributed by atoms with Gasteiger partial charge in [-0.1, -0.05) is 37.0 Å². The fourth-order valence-electron chi connectivity index (χ4n) is 1.37. The summed E-state index contributed by atoms with van der Waals surface area (Å²) in [6.45, 7) is 2.04. The van der Waals surface area contributed by atoms with Crippen LogP contribution < -0.4 is 10.1 Å². The topological polar surface area (TPSA) is 21.3 Å². The van der Waals surface area contributed by atoms with Crippen molar-refractivity contribution in [3.8, 4) is 5.75 Å². The third-order valence-corrected chi connectivity index (χ3v) is 2.82. The van der Waals surface area contributed by atoms with Gasteiger partial charge in [0.25, 0.3) is 0 Å². The van der Waals surface area contributed by atoms with Gasteiger partial charge in [-0.3, -0.25) is 0 Å². The largest absolute Gasteiger partial charge is 0.432 e. The Kier molecular flexibility index (Phi) is 5.96. The smallest absolute Gasteiger partial charge is 0.387 e. The van der Waals surface area contributed by atoms with E-state index in [1.54, 1.807) is 0 Å². The molecule has 0 saturated carbocycles. The van der Waals surface area contributed by atoms with E-state index in [-0.39, 0.29) is 15.8 Å². The van der Waals surface area contributed by atoms with Gasteiger partial charge >= 0.3 is 6.61 Å². The molecule has 0 heterocycles. The summed E-state index contributed by atoms with van der Waals surface area (Å²) in [5.74, 6) is 0.382. The molecule has 2 nitrogen and oxygen atoms in total. The summed E-state index contributed by atoms with van der Waals surface area (Å²) in [6.07, 6.45) is 0.991. The first-order chi connectivity index (χ1) is 8.40. The van der Waals surface area contributed by atoms with Gasteiger partial charge < -0.3 is 10.1 Å². The first kappa shape index (κ1) is 15.3. The minimum absolute atomic E-state index is 0.0647. The first-order valence-corrected chi connectivity index (χ1v) is 6.33. The zero-order chi connectivity index (χ0) is 13.7. The Hall–Kier alpha value is -0.740. The summed E-state index contributed by atoms with van der Waals surface area (Å²) >= 11 is 11.7. The second-order valence-electron chi connectivity index (χ2n) is 4.26. The molecule has 0 bridgehead atoms. The number of benzene rings is 1. The lowest BCUT2D eigenvalue weighted by atomic mass is 10.1. The van der Waals surface area contributed by atoms with Gasteiger partial charge in [-0.2, -0.15) is 8.78 Å². The Bertz CT molecular complexity index is 377. The van der Waals surface area contributed by atoms with Crippen LogP contribution in [0.5, 0.6) is 5.75 Å². The van der Waals surface area contributed by atoms with Crippen molar-refractivity contribution in [1.29, 1.82) is 0 Å². The van der Waals surface area contributed by atoms with Gasteiger partial charge in [0, 0.05) is 12.2 Å². The molecule has 0 fully saturated rings. The number of nitrogens with one attached hydrogen (secondary N) is 1. The van der Waals surface area contributed by atoms with E-state index in [1.165, 1.54) is 12.1 Å². The van der Waals surface area contributed by atoms with Crippen molar-refractivity contribution in [2.75, 3.05) is 11.9 Å². The van der Waals surface area contributed by atoms with Crippen molar-refractivity contribution < 1.29 is 13.5 Å². The van der Waals surface area contributed by atoms with Crippen molar-refractivity contribution >= 4 is 28.9 Å². The number of hydrogen-bond acceptors (Lipinski definition) is 2. The van der Waals surface area contributed by atoms with Crippen LogP contribution in [0.15, 0.2) is 12.1 Å². The molecule has 0 aliphatic carbocycles. The highest BCUT2D eigenvalue weighted by Crippen LogP contribution is 2.36. The lowest BCUT2D eigenvalue weighted by molar-refractivity contribution is -0.0497. The average Bonchev–Trinajstić information content (AvgIpc) is 2.22. The Balaban J connectivity index is 2.73. The monoisotopic (exact) mass is 297 g/mol. The first-order valence-electron chi connectivity index (χ1n) is 5.58. The molecule has 6 heteroatoms. The van der Waals surface area contributed by atoms with Crippen molar-refractivity contribution in [1.82, 2.24) is 0 Å². The third-order valence-electron chi connectivity index (χ3n) is 2.26. The fraction of sp³-hybridized carbons (Fsp3) is 0.500. The molecule has 0 saturated heterocycles. The number of halogens is 4. The fourth-order valence-corrected chi connectivity index (χ4v) is 1.94. The summed E-state index contributed by atoms with van der Waals surface area (Å²) in [5.41, 5.74) is 0.687. The van der Waals surface area contributed by atoms with E-state index in [0.717, 1.165) is 13.0 Å². The highest BCUT2D eigenvalue weighted by Gasteiger charge is 2.14. The molecule has 1 aromatic carbocycles. The van der Waals surface area contributed by atoms with Crippen LogP contribution in [0.4, 0.5) is 14.5 Å². The lowest BCUT2D eigenvalue weighted by Crippen LogP contribution is -2.06. The number of anilines is 1. The highest BCUT2D eigenvalue weighted by atomic mass is 35.5. The second kappa shape index (κ2) is 7.00. The quantitative estimate of drug-likeness (QED) is 0.793. The summed E-state index contributed by atoms with van der Waals surface area (Å²) in [5, 5.41) is 3.26. The molecule has 0 unspecified atom stereocenters. The highest BCUT2D eigenvalue weighted by molar-refractivity contribution is 6.37. The number of hydrogen-bond donors (Lipinski definition) is 1. The summed E-state index contributed by atoms with van der Waals surface area (Å²) in [6, 6.07) is 3.04. The summed E-state index contributed by atoms with van der Waals surface area (Å²) < 4.78 is 28.5. The van der Waals surface area contributed by atoms with Gasteiger partial charge in [0.2, 0.25) is 0 Å². The number of alkyl halides is 2. The molecule has 1 aromatic rings. The summed E-state index contributed by atoms with van der Waals surface area (Å²) in [4.78, 5) is 0. The molecule has 0 amide bonds. The van der Waals surface area contributed by atoms with Gasteiger partial charge in [0.15, 0.2) is 5.75 Å². The second-order valence-corrected chi connectivity index (χ2v) is 5.07. The van der Waals surface area contributed by atoms with E-state index in [1.807, 2.05) is 0 Å². The molecule has 0 radical (unpaired) electrons. The van der Waals surface area contributed by atoms with E-state index in [9.17, 15) is 8.78 Å². The van der Waals surface area contributed by atoms with Gasteiger partial charge in [0.1, 0.15) is 0 Å². The van der Waals surface area contributed by atoms with E-state index < -0.39 is 6.61 Å². The van der Waals surface area contributed by atoms with E-state index >= 15 is 0 Å². The number of rotatable bonds is 6. The van der Waals surface area contributed by atoms with Crippen molar-refractivity contribution in [2.45, 2.75) is 26.9 Å². The van der Waals surface area contributed by atoms with Gasteiger partial charge in [-0.25, -0.2) is 0 Å². The summed E-state index contributed by atoms with van der Waals surface area (Å²) in [7, 11) is 0. The van der Waals surface area contributed by atoms with Crippen molar-refractivity contribution in [3.05, 3.63) is 22.2 Å². The predicted molar refractivity (Wildman–Crippen MR) is 71.0 cm³/mol. The molecule has 0 spiro atoms. The predicted octanol–water partition coefficient (Wildman–Crippen LogP) is 5.05. The van der Waals surface area contributed by atoms with Crippen LogP contribution in [0.25, 0.3) is 0 Å². The number of ether oxygens (including phenoxy) is 1. The molecule has 1 N–H and O–H groups in total. The standard InChI is InChI=1S/C12H15Cl2F2NO/c1-7(2)3-4-17-8-5-9(13)11(10(14)6-8)18-12(15)16/h5-7,12,17H,3-4H2,1-2H3. The van der Waals surface area contributed by atoms with E-state index in [0.29, 0.717) is 11.6 Å². The Morgan fingerprint density at radius 2 is 1.78 bits per heavy atom. The molecular weight excluding hydrogens is 283 g/mol. The zero-order valence-electron chi connectivity index (χ0n) is 10.1. The lowest BCUT2D eigenvalue weighted by Gasteiger charge is -2.13. The zero-order valence-corrected chi connectivity index (χ0v) is 11.7. The molecule has 102 valence electrons. The maximum atomic E-state index is 12.1. The average molecular weight is 298 g/mol. The Morgan fingerprint density at radius 3 is 2.22 bits per heavy atom. The minimum atomic E-state index is -2.94. The van der Waals surface area contributed by atoms with Crippen LogP contribution >= 0.6 is 23.2 Å². The molecule has 18 heavy (non-hydrogen) atoms. The normalized spacial score (nSPS) is 11.1. The molecular formula is C12H15Cl2F2NO. The van der Waals surface area contributed by atoms with Gasteiger partial charge in [-0.05, 0) is 24.5 Å². The maximum Gasteiger partial charge on any atom is 0.387 e. The van der Waals surface area contributed by atoms with Crippen LogP contribution in [-0.2, 0) is 0 Å². The molecule has 0 atom stereocenters. The van der Waals surface area contributed by atoms with Crippen LogP contribution in [0.2, 0.25) is 10.0 Å². The van der Waals surface area contributed by atoms with Crippen molar-refractivity contribution in [3.63, 3.8) is 0 Å². The molecule has 0 aliphatic rings. The van der Waals surface area contributed by atoms with Crippen molar-refractivity contribution in [2.24, 2.45) is 5.92 Å². The molecule has 0 aliphatic heterocycles. The van der Waals surface area contributed by atoms with Crippen LogP contribution in [-0.4, -0.2) is 13.2 Å². The molecule has 0 aromatic heterocycles. The van der Waals surface area contributed by atoms with E-state index in [4.69, 9.17) is 23.2 Å². The Labute approximate surface area is 115 Å². The van der Waals surface area contributed by atoms with Crippen LogP contribution in [0.3, 0.4) is 0 Å². The van der Waals surface area contributed by atoms with Gasteiger partial charge in [0.05, 0.1) is 10.0 Å². The van der Waals surface area contributed by atoms with Crippen LogP contribution in [0, 0.1) is 5.92 Å². The maximum absolute atomic E-state index is 12.1. The molecule has 1 rings (SSSR count). The Morgan fingerprint density at radius 1 is 1.22 bits per heavy atom.